The zero-order valence-electron chi connectivity index (χ0n) is 12.9. The molecule has 4 rings (SSSR count). The number of fused-ring (bicyclic) bond motifs is 3. The third-order valence-corrected chi connectivity index (χ3v) is 4.15. The smallest absolute Gasteiger partial charge is 0.256 e. The van der Waals surface area contributed by atoms with Gasteiger partial charge in [0.25, 0.3) is 5.91 Å². The molecule has 1 atom stereocenters. The Bertz CT molecular complexity index is 867. The van der Waals surface area contributed by atoms with Crippen LogP contribution in [-0.4, -0.2) is 42.4 Å². The molecule has 1 aromatic carbocycles. The lowest BCUT2D eigenvalue weighted by molar-refractivity contribution is 0.0786. The lowest BCUT2D eigenvalue weighted by Gasteiger charge is -2.15. The van der Waals surface area contributed by atoms with E-state index in [-0.39, 0.29) is 11.9 Å². The number of rotatable bonds is 2. The Morgan fingerprint density at radius 1 is 1.17 bits per heavy atom. The Kier molecular flexibility index (Phi) is 3.00. The van der Waals surface area contributed by atoms with Gasteiger partial charge in [-0.25, -0.2) is 0 Å². The first-order chi connectivity index (χ1) is 11.2. The van der Waals surface area contributed by atoms with Crippen molar-refractivity contribution in [2.24, 2.45) is 0 Å². The van der Waals surface area contributed by atoms with Crippen LogP contribution in [0.15, 0.2) is 42.7 Å². The van der Waals surface area contributed by atoms with Crippen LogP contribution in [0.5, 0.6) is 0 Å². The number of benzene rings is 1. The molecule has 0 aliphatic carbocycles. The molecule has 1 aliphatic rings. The van der Waals surface area contributed by atoms with Crippen molar-refractivity contribution in [3.05, 3.63) is 59.9 Å². The topological polar surface area (TPSA) is 68.8 Å². The molecule has 23 heavy (non-hydrogen) atoms. The number of hydrogen-bond acceptors (Lipinski definition) is 4. The molecule has 2 aromatic heterocycles. The third kappa shape index (κ3) is 2.04. The van der Waals surface area contributed by atoms with Gasteiger partial charge in [-0.15, -0.1) is 10.2 Å². The van der Waals surface area contributed by atoms with Crippen molar-refractivity contribution in [1.29, 1.82) is 0 Å². The van der Waals surface area contributed by atoms with Crippen LogP contribution in [0.1, 0.15) is 35.0 Å². The summed E-state index contributed by atoms with van der Waals surface area (Å²) in [6, 6.07) is 9.35. The first-order valence-corrected chi connectivity index (χ1v) is 7.45. The standard InChI is InChI=1S/C16H16N6O/c1-11(21-9-5-8-17-21)15-19-18-14-10-20(2)16(23)12-6-3-4-7-13(12)22(14)15/h3-9,11H,10H2,1-2H3. The van der Waals surface area contributed by atoms with Gasteiger partial charge < -0.3 is 4.90 Å². The van der Waals surface area contributed by atoms with Gasteiger partial charge in [0, 0.05) is 19.4 Å². The maximum atomic E-state index is 12.6. The number of hydrogen-bond donors (Lipinski definition) is 0. The van der Waals surface area contributed by atoms with Crippen LogP contribution < -0.4 is 0 Å². The fourth-order valence-electron chi connectivity index (χ4n) is 2.93. The van der Waals surface area contributed by atoms with Crippen LogP contribution >= 0.6 is 0 Å². The predicted molar refractivity (Wildman–Crippen MR) is 83.2 cm³/mol. The fourth-order valence-corrected chi connectivity index (χ4v) is 2.93. The van der Waals surface area contributed by atoms with Crippen molar-refractivity contribution in [3.63, 3.8) is 0 Å². The normalized spacial score (nSPS) is 15.0. The average Bonchev–Trinajstić information content (AvgIpc) is 3.21. The molecule has 0 bridgehead atoms. The summed E-state index contributed by atoms with van der Waals surface area (Å²) >= 11 is 0. The Morgan fingerprint density at radius 3 is 2.78 bits per heavy atom. The van der Waals surface area contributed by atoms with Crippen molar-refractivity contribution < 1.29 is 4.79 Å². The maximum Gasteiger partial charge on any atom is 0.256 e. The zero-order valence-corrected chi connectivity index (χ0v) is 12.9. The number of carbonyl (C=O) groups is 1. The molecule has 3 aromatic rings. The molecule has 1 amide bonds. The van der Waals surface area contributed by atoms with Crippen LogP contribution in [0.25, 0.3) is 5.69 Å². The van der Waals surface area contributed by atoms with Gasteiger partial charge in [0.15, 0.2) is 11.6 Å². The van der Waals surface area contributed by atoms with Gasteiger partial charge in [-0.3, -0.25) is 14.0 Å². The van der Waals surface area contributed by atoms with Crippen molar-refractivity contribution in [2.75, 3.05) is 7.05 Å². The van der Waals surface area contributed by atoms with E-state index in [0.717, 1.165) is 17.3 Å². The van der Waals surface area contributed by atoms with Crippen molar-refractivity contribution in [2.45, 2.75) is 19.5 Å². The Morgan fingerprint density at radius 2 is 2.00 bits per heavy atom. The van der Waals surface area contributed by atoms with Gasteiger partial charge in [-0.2, -0.15) is 5.10 Å². The van der Waals surface area contributed by atoms with Crippen LogP contribution in [-0.2, 0) is 6.54 Å². The Hall–Kier alpha value is -2.96. The van der Waals surface area contributed by atoms with E-state index in [1.807, 2.05) is 52.7 Å². The quantitative estimate of drug-likeness (QED) is 0.722. The molecule has 0 N–H and O–H groups in total. The minimum atomic E-state index is -0.0854. The van der Waals surface area contributed by atoms with E-state index < -0.39 is 0 Å². The van der Waals surface area contributed by atoms with Crippen LogP contribution in [0, 0.1) is 0 Å². The number of nitrogens with zero attached hydrogens (tertiary/aromatic N) is 6. The summed E-state index contributed by atoms with van der Waals surface area (Å²) in [6.07, 6.45) is 3.63. The van der Waals surface area contributed by atoms with E-state index in [2.05, 4.69) is 15.3 Å². The first kappa shape index (κ1) is 13.7. The second kappa shape index (κ2) is 5.05. The third-order valence-electron chi connectivity index (χ3n) is 4.15. The fraction of sp³-hybridized carbons (Fsp3) is 0.250. The molecule has 7 nitrogen and oxygen atoms in total. The highest BCUT2D eigenvalue weighted by molar-refractivity contribution is 5.98. The molecular formula is C16H16N6O. The molecule has 116 valence electrons. The van der Waals surface area contributed by atoms with Gasteiger partial charge in [0.1, 0.15) is 6.04 Å². The molecular weight excluding hydrogens is 292 g/mol. The second-order valence-corrected chi connectivity index (χ2v) is 5.65. The number of amides is 1. The van der Waals surface area contributed by atoms with E-state index in [1.165, 1.54) is 0 Å². The van der Waals surface area contributed by atoms with Gasteiger partial charge >= 0.3 is 0 Å². The summed E-state index contributed by atoms with van der Waals surface area (Å²) in [4.78, 5) is 14.2. The zero-order chi connectivity index (χ0) is 16.0. The van der Waals surface area contributed by atoms with Crippen LogP contribution in [0.3, 0.4) is 0 Å². The van der Waals surface area contributed by atoms with Crippen molar-refractivity contribution in [1.82, 2.24) is 29.4 Å². The lowest BCUT2D eigenvalue weighted by atomic mass is 10.1. The summed E-state index contributed by atoms with van der Waals surface area (Å²) in [5, 5.41) is 13.0. The summed E-state index contributed by atoms with van der Waals surface area (Å²) < 4.78 is 3.80. The van der Waals surface area contributed by atoms with Crippen LogP contribution in [0.4, 0.5) is 0 Å². The number of aromatic nitrogens is 5. The molecule has 3 heterocycles. The van der Waals surface area contributed by atoms with Gasteiger partial charge in [-0.1, -0.05) is 12.1 Å². The SMILES string of the molecule is CC(c1nnc2n1-c1ccccc1C(=O)N(C)C2)n1cccn1. The van der Waals surface area contributed by atoms with Crippen molar-refractivity contribution in [3.8, 4) is 5.69 Å². The van der Waals surface area contributed by atoms with E-state index in [1.54, 1.807) is 18.1 Å². The summed E-state index contributed by atoms with van der Waals surface area (Å²) in [5.74, 6) is 1.50. The maximum absolute atomic E-state index is 12.6. The number of para-hydroxylation sites is 1. The van der Waals surface area contributed by atoms with Gasteiger partial charge in [-0.05, 0) is 25.1 Å². The molecule has 0 spiro atoms. The molecule has 1 unspecified atom stereocenters. The molecule has 0 fully saturated rings. The van der Waals surface area contributed by atoms with Crippen LogP contribution in [0.2, 0.25) is 0 Å². The van der Waals surface area contributed by atoms with Gasteiger partial charge in [0.2, 0.25) is 0 Å². The summed E-state index contributed by atoms with van der Waals surface area (Å²) in [7, 11) is 1.78. The predicted octanol–water partition coefficient (Wildman–Crippen LogP) is 1.66. The first-order valence-electron chi connectivity index (χ1n) is 7.45. The number of carbonyl (C=O) groups excluding carboxylic acids is 1. The highest BCUT2D eigenvalue weighted by Crippen LogP contribution is 2.27. The highest BCUT2D eigenvalue weighted by atomic mass is 16.2. The average molecular weight is 308 g/mol. The summed E-state index contributed by atoms with van der Waals surface area (Å²) in [6.45, 7) is 2.44. The Labute approximate surface area is 133 Å². The molecule has 0 saturated heterocycles. The minimum absolute atomic E-state index is 0.0104. The van der Waals surface area contributed by atoms with Crippen molar-refractivity contribution >= 4 is 5.91 Å². The van der Waals surface area contributed by atoms with Gasteiger partial charge in [0.05, 0.1) is 17.8 Å². The molecule has 0 saturated carbocycles. The summed E-state index contributed by atoms with van der Waals surface area (Å²) in [5.41, 5.74) is 1.47. The van der Waals surface area contributed by atoms with E-state index in [9.17, 15) is 4.79 Å². The monoisotopic (exact) mass is 308 g/mol. The molecule has 0 radical (unpaired) electrons. The molecule has 1 aliphatic heterocycles. The molecule has 7 heteroatoms. The largest absolute Gasteiger partial charge is 0.334 e. The van der Waals surface area contributed by atoms with E-state index in [0.29, 0.717) is 12.1 Å². The second-order valence-electron chi connectivity index (χ2n) is 5.65. The van der Waals surface area contributed by atoms with E-state index >= 15 is 0 Å². The Balaban J connectivity index is 1.94. The lowest BCUT2D eigenvalue weighted by Crippen LogP contribution is -2.25. The minimum Gasteiger partial charge on any atom is -0.334 e. The highest BCUT2D eigenvalue weighted by Gasteiger charge is 2.28. The van der Waals surface area contributed by atoms with E-state index in [4.69, 9.17) is 0 Å².